The standard InChI is InChI=1S/C13H9BrF2N2O2/c14-11-6-10(18(19)20)3-1-8(11)7-17-13-4-2-9(15)5-12(13)16/h1-6,17H,7H2. The Kier molecular flexibility index (Phi) is 4.29. The highest BCUT2D eigenvalue weighted by Gasteiger charge is 2.10. The first-order chi connectivity index (χ1) is 9.47. The number of hydrogen-bond donors (Lipinski definition) is 1. The van der Waals surface area contributed by atoms with E-state index >= 15 is 0 Å². The van der Waals surface area contributed by atoms with Crippen molar-refractivity contribution in [2.24, 2.45) is 0 Å². The lowest BCUT2D eigenvalue weighted by Gasteiger charge is -2.09. The lowest BCUT2D eigenvalue weighted by atomic mass is 10.2. The molecular formula is C13H9BrF2N2O2. The molecular weight excluding hydrogens is 334 g/mol. The van der Waals surface area contributed by atoms with Gasteiger partial charge in [0.15, 0.2) is 0 Å². The van der Waals surface area contributed by atoms with Crippen molar-refractivity contribution in [1.82, 2.24) is 0 Å². The third kappa shape index (κ3) is 3.30. The predicted octanol–water partition coefficient (Wildman–Crippen LogP) is 4.25. The maximum absolute atomic E-state index is 13.4. The van der Waals surface area contributed by atoms with Crippen molar-refractivity contribution in [1.29, 1.82) is 0 Å². The van der Waals surface area contributed by atoms with Gasteiger partial charge in [-0.25, -0.2) is 8.78 Å². The largest absolute Gasteiger partial charge is 0.379 e. The second kappa shape index (κ2) is 5.96. The molecule has 0 aliphatic carbocycles. The Morgan fingerprint density at radius 2 is 1.95 bits per heavy atom. The highest BCUT2D eigenvalue weighted by molar-refractivity contribution is 9.10. The first-order valence-corrected chi connectivity index (χ1v) is 6.38. The van der Waals surface area contributed by atoms with E-state index in [9.17, 15) is 18.9 Å². The van der Waals surface area contributed by atoms with Crippen LogP contribution in [-0.2, 0) is 6.54 Å². The molecule has 0 aliphatic heterocycles. The number of rotatable bonds is 4. The minimum Gasteiger partial charge on any atom is -0.379 e. The molecule has 2 aromatic rings. The van der Waals surface area contributed by atoms with E-state index in [1.807, 2.05) is 0 Å². The van der Waals surface area contributed by atoms with E-state index in [0.717, 1.165) is 17.7 Å². The van der Waals surface area contributed by atoms with Crippen molar-refractivity contribution >= 4 is 27.3 Å². The Morgan fingerprint density at radius 3 is 2.55 bits per heavy atom. The van der Waals surface area contributed by atoms with Crippen molar-refractivity contribution in [3.05, 3.63) is 68.2 Å². The molecule has 20 heavy (non-hydrogen) atoms. The van der Waals surface area contributed by atoms with Gasteiger partial charge in [-0.1, -0.05) is 15.9 Å². The topological polar surface area (TPSA) is 55.2 Å². The van der Waals surface area contributed by atoms with Gasteiger partial charge in [-0.15, -0.1) is 0 Å². The van der Waals surface area contributed by atoms with E-state index in [4.69, 9.17) is 0 Å². The Balaban J connectivity index is 2.13. The molecule has 0 saturated carbocycles. The second-order valence-electron chi connectivity index (χ2n) is 4.01. The number of nitro groups is 1. The molecule has 0 aliphatic rings. The van der Waals surface area contributed by atoms with E-state index in [1.54, 1.807) is 6.07 Å². The summed E-state index contributed by atoms with van der Waals surface area (Å²) in [6.07, 6.45) is 0. The molecule has 2 rings (SSSR count). The van der Waals surface area contributed by atoms with Gasteiger partial charge in [-0.05, 0) is 23.8 Å². The summed E-state index contributed by atoms with van der Waals surface area (Å²) in [5.74, 6) is -1.34. The highest BCUT2D eigenvalue weighted by Crippen LogP contribution is 2.24. The van der Waals surface area contributed by atoms with Gasteiger partial charge in [0, 0.05) is 29.2 Å². The van der Waals surface area contributed by atoms with Crippen LogP contribution >= 0.6 is 15.9 Å². The molecule has 0 bridgehead atoms. The molecule has 0 spiro atoms. The molecule has 2 aromatic carbocycles. The Morgan fingerprint density at radius 1 is 1.20 bits per heavy atom. The first kappa shape index (κ1) is 14.4. The van der Waals surface area contributed by atoms with Crippen LogP contribution in [0.5, 0.6) is 0 Å². The Bertz CT molecular complexity index is 665. The van der Waals surface area contributed by atoms with Gasteiger partial charge in [-0.2, -0.15) is 0 Å². The van der Waals surface area contributed by atoms with E-state index in [1.165, 1.54) is 18.2 Å². The molecule has 1 N–H and O–H groups in total. The van der Waals surface area contributed by atoms with Crippen LogP contribution in [-0.4, -0.2) is 4.92 Å². The maximum atomic E-state index is 13.4. The van der Waals surface area contributed by atoms with Crippen molar-refractivity contribution in [3.63, 3.8) is 0 Å². The van der Waals surface area contributed by atoms with E-state index < -0.39 is 16.6 Å². The number of benzene rings is 2. The summed E-state index contributed by atoms with van der Waals surface area (Å²) in [6, 6.07) is 7.53. The molecule has 0 aromatic heterocycles. The van der Waals surface area contributed by atoms with Crippen LogP contribution in [0, 0.1) is 21.7 Å². The van der Waals surface area contributed by atoms with Crippen molar-refractivity contribution in [3.8, 4) is 0 Å². The van der Waals surface area contributed by atoms with Gasteiger partial charge in [0.1, 0.15) is 11.6 Å². The number of anilines is 1. The first-order valence-electron chi connectivity index (χ1n) is 5.59. The van der Waals surface area contributed by atoms with Gasteiger partial charge in [0.25, 0.3) is 5.69 Å². The lowest BCUT2D eigenvalue weighted by Crippen LogP contribution is -2.03. The van der Waals surface area contributed by atoms with E-state index in [0.29, 0.717) is 4.47 Å². The smallest absolute Gasteiger partial charge is 0.270 e. The van der Waals surface area contributed by atoms with Gasteiger partial charge < -0.3 is 5.32 Å². The molecule has 0 radical (unpaired) electrons. The Labute approximate surface area is 121 Å². The minimum atomic E-state index is -0.692. The number of nitrogens with zero attached hydrogens (tertiary/aromatic N) is 1. The summed E-state index contributed by atoms with van der Waals surface area (Å²) >= 11 is 3.22. The summed E-state index contributed by atoms with van der Waals surface area (Å²) in [5.41, 5.74) is 0.851. The number of non-ortho nitro benzene ring substituents is 1. The molecule has 0 heterocycles. The van der Waals surface area contributed by atoms with Crippen molar-refractivity contribution in [2.45, 2.75) is 6.54 Å². The van der Waals surface area contributed by atoms with Crippen LogP contribution in [0.4, 0.5) is 20.2 Å². The van der Waals surface area contributed by atoms with Gasteiger partial charge in [-0.3, -0.25) is 10.1 Å². The zero-order chi connectivity index (χ0) is 14.7. The molecule has 0 unspecified atom stereocenters. The van der Waals surface area contributed by atoms with Crippen LogP contribution in [0.2, 0.25) is 0 Å². The predicted molar refractivity (Wildman–Crippen MR) is 74.5 cm³/mol. The summed E-state index contributed by atoms with van der Waals surface area (Å²) in [4.78, 5) is 10.1. The SMILES string of the molecule is O=[N+]([O-])c1ccc(CNc2ccc(F)cc2F)c(Br)c1. The quantitative estimate of drug-likeness (QED) is 0.667. The van der Waals surface area contributed by atoms with Crippen molar-refractivity contribution in [2.75, 3.05) is 5.32 Å². The fraction of sp³-hybridized carbons (Fsp3) is 0.0769. The third-order valence-corrected chi connectivity index (χ3v) is 3.39. The number of halogens is 3. The molecule has 0 atom stereocenters. The van der Waals surface area contributed by atoms with Crippen LogP contribution in [0.25, 0.3) is 0 Å². The monoisotopic (exact) mass is 342 g/mol. The molecule has 0 fully saturated rings. The summed E-state index contributed by atoms with van der Waals surface area (Å²) in [5, 5.41) is 13.4. The van der Waals surface area contributed by atoms with Gasteiger partial charge >= 0.3 is 0 Å². The lowest BCUT2D eigenvalue weighted by molar-refractivity contribution is -0.384. The Hall–Kier alpha value is -2.02. The highest BCUT2D eigenvalue weighted by atomic mass is 79.9. The average Bonchev–Trinajstić information content (AvgIpc) is 2.38. The average molecular weight is 343 g/mol. The van der Waals surface area contributed by atoms with E-state index in [2.05, 4.69) is 21.2 Å². The third-order valence-electron chi connectivity index (χ3n) is 2.65. The van der Waals surface area contributed by atoms with Crippen LogP contribution in [0.15, 0.2) is 40.9 Å². The zero-order valence-electron chi connectivity index (χ0n) is 10.1. The van der Waals surface area contributed by atoms with Crippen molar-refractivity contribution < 1.29 is 13.7 Å². The van der Waals surface area contributed by atoms with E-state index in [-0.39, 0.29) is 17.9 Å². The summed E-state index contributed by atoms with van der Waals surface area (Å²) in [6.45, 7) is 0.251. The van der Waals surface area contributed by atoms with Gasteiger partial charge in [0.05, 0.1) is 10.6 Å². The normalized spacial score (nSPS) is 10.3. The minimum absolute atomic E-state index is 0.0337. The number of nitrogens with one attached hydrogen (secondary N) is 1. The number of hydrogen-bond acceptors (Lipinski definition) is 3. The molecule has 0 amide bonds. The fourth-order valence-corrected chi connectivity index (χ4v) is 2.12. The van der Waals surface area contributed by atoms with Crippen LogP contribution < -0.4 is 5.32 Å². The maximum Gasteiger partial charge on any atom is 0.270 e. The number of nitro benzene ring substituents is 1. The molecule has 104 valence electrons. The molecule has 4 nitrogen and oxygen atoms in total. The van der Waals surface area contributed by atoms with Crippen LogP contribution in [0.1, 0.15) is 5.56 Å². The van der Waals surface area contributed by atoms with Gasteiger partial charge in [0.2, 0.25) is 0 Å². The van der Waals surface area contributed by atoms with Crippen LogP contribution in [0.3, 0.4) is 0 Å². The summed E-state index contributed by atoms with van der Waals surface area (Å²) in [7, 11) is 0. The molecule has 0 saturated heterocycles. The zero-order valence-corrected chi connectivity index (χ0v) is 11.7. The fourth-order valence-electron chi connectivity index (χ4n) is 1.62. The molecule has 7 heteroatoms. The second-order valence-corrected chi connectivity index (χ2v) is 4.86. The summed E-state index contributed by atoms with van der Waals surface area (Å²) < 4.78 is 26.7.